The van der Waals surface area contributed by atoms with Crippen LogP contribution >= 0.6 is 0 Å². The molecule has 1 aromatic rings. The highest BCUT2D eigenvalue weighted by molar-refractivity contribution is 5.94. The van der Waals surface area contributed by atoms with Gasteiger partial charge in [0.25, 0.3) is 0 Å². The van der Waals surface area contributed by atoms with Gasteiger partial charge in [-0.05, 0) is 74.8 Å². The van der Waals surface area contributed by atoms with Crippen LogP contribution in [0.5, 0.6) is 0 Å². The first-order valence-electron chi connectivity index (χ1n) is 10.2. The summed E-state index contributed by atoms with van der Waals surface area (Å²) in [6.07, 6.45) is 3.65. The normalized spacial score (nSPS) is 16.4. The van der Waals surface area contributed by atoms with Crippen molar-refractivity contribution in [2.45, 2.75) is 58.8 Å². The monoisotopic (exact) mass is 359 g/mol. The van der Waals surface area contributed by atoms with Gasteiger partial charge in [-0.15, -0.1) is 0 Å². The number of carbonyl (C=O) groups excluding carboxylic acids is 1. The standard InChI is InChI=1S/C22H37N3O/c1-16(2)19-7-6-8-20(17(3)4)22(19)24-21(26)15-25-13-10-18(11-14-25)9-12-23-5/h6-8,16-18,23H,9-15H2,1-5H3,(H,24,26). The molecule has 0 atom stereocenters. The molecule has 26 heavy (non-hydrogen) atoms. The van der Waals surface area contributed by atoms with Crippen molar-refractivity contribution in [3.63, 3.8) is 0 Å². The van der Waals surface area contributed by atoms with E-state index in [1.807, 2.05) is 7.05 Å². The maximum Gasteiger partial charge on any atom is 0.238 e. The van der Waals surface area contributed by atoms with Crippen molar-refractivity contribution >= 4 is 11.6 Å². The van der Waals surface area contributed by atoms with Crippen LogP contribution in [0, 0.1) is 5.92 Å². The molecule has 1 heterocycles. The minimum atomic E-state index is 0.119. The van der Waals surface area contributed by atoms with Gasteiger partial charge in [0.05, 0.1) is 6.54 Å². The van der Waals surface area contributed by atoms with Gasteiger partial charge in [-0.3, -0.25) is 9.69 Å². The zero-order valence-electron chi connectivity index (χ0n) is 17.3. The highest BCUT2D eigenvalue weighted by Crippen LogP contribution is 2.32. The number of hydrogen-bond acceptors (Lipinski definition) is 3. The number of piperidine rings is 1. The smallest absolute Gasteiger partial charge is 0.238 e. The minimum absolute atomic E-state index is 0.119. The second kappa shape index (κ2) is 10.1. The molecule has 4 heteroatoms. The number of para-hydroxylation sites is 1. The minimum Gasteiger partial charge on any atom is -0.324 e. The maximum absolute atomic E-state index is 12.7. The van der Waals surface area contributed by atoms with Crippen LogP contribution in [0.3, 0.4) is 0 Å². The molecule has 0 spiro atoms. The summed E-state index contributed by atoms with van der Waals surface area (Å²) in [5.41, 5.74) is 3.50. The van der Waals surface area contributed by atoms with Gasteiger partial charge in [-0.1, -0.05) is 45.9 Å². The molecule has 1 aliphatic heterocycles. The molecule has 2 N–H and O–H groups in total. The number of carbonyl (C=O) groups is 1. The molecular weight excluding hydrogens is 322 g/mol. The lowest BCUT2D eigenvalue weighted by Crippen LogP contribution is -2.39. The Morgan fingerprint density at radius 1 is 1.12 bits per heavy atom. The molecule has 0 unspecified atom stereocenters. The number of nitrogens with zero attached hydrogens (tertiary/aromatic N) is 1. The number of rotatable bonds is 8. The van der Waals surface area contributed by atoms with E-state index in [1.165, 1.54) is 30.4 Å². The van der Waals surface area contributed by atoms with E-state index in [-0.39, 0.29) is 5.91 Å². The average Bonchev–Trinajstić information content (AvgIpc) is 2.60. The van der Waals surface area contributed by atoms with Crippen molar-refractivity contribution in [1.82, 2.24) is 10.2 Å². The molecule has 0 saturated carbocycles. The van der Waals surface area contributed by atoms with Crippen LogP contribution < -0.4 is 10.6 Å². The van der Waals surface area contributed by atoms with Crippen LogP contribution in [0.4, 0.5) is 5.69 Å². The van der Waals surface area contributed by atoms with Crippen LogP contribution in [0.1, 0.15) is 69.9 Å². The van der Waals surface area contributed by atoms with Gasteiger partial charge in [-0.2, -0.15) is 0 Å². The number of nitrogens with one attached hydrogen (secondary N) is 2. The molecule has 1 fully saturated rings. The molecule has 1 aliphatic rings. The lowest BCUT2D eigenvalue weighted by Gasteiger charge is -2.31. The Labute approximate surface area is 159 Å². The van der Waals surface area contributed by atoms with Crippen molar-refractivity contribution in [1.29, 1.82) is 0 Å². The van der Waals surface area contributed by atoms with E-state index in [4.69, 9.17) is 0 Å². The van der Waals surface area contributed by atoms with Crippen molar-refractivity contribution in [2.75, 3.05) is 38.5 Å². The predicted molar refractivity (Wildman–Crippen MR) is 111 cm³/mol. The van der Waals surface area contributed by atoms with Crippen LogP contribution in [0.25, 0.3) is 0 Å². The second-order valence-electron chi connectivity index (χ2n) is 8.28. The Hall–Kier alpha value is -1.39. The Morgan fingerprint density at radius 3 is 2.19 bits per heavy atom. The van der Waals surface area contributed by atoms with Crippen molar-refractivity contribution < 1.29 is 4.79 Å². The third-order valence-corrected chi connectivity index (χ3v) is 5.51. The van der Waals surface area contributed by atoms with Gasteiger partial charge in [0.15, 0.2) is 0 Å². The summed E-state index contributed by atoms with van der Waals surface area (Å²) >= 11 is 0. The number of amides is 1. The summed E-state index contributed by atoms with van der Waals surface area (Å²) < 4.78 is 0. The first-order valence-corrected chi connectivity index (χ1v) is 10.2. The van der Waals surface area contributed by atoms with Crippen LogP contribution in [-0.4, -0.2) is 44.0 Å². The van der Waals surface area contributed by atoms with Gasteiger partial charge in [0.2, 0.25) is 5.91 Å². The molecule has 0 aromatic heterocycles. The quantitative estimate of drug-likeness (QED) is 0.731. The molecule has 1 aromatic carbocycles. The number of hydrogen-bond donors (Lipinski definition) is 2. The highest BCUT2D eigenvalue weighted by Gasteiger charge is 2.22. The molecule has 4 nitrogen and oxygen atoms in total. The Bertz CT molecular complexity index is 549. The lowest BCUT2D eigenvalue weighted by molar-refractivity contribution is -0.117. The van der Waals surface area contributed by atoms with Crippen molar-refractivity contribution in [2.24, 2.45) is 5.92 Å². The summed E-state index contributed by atoms with van der Waals surface area (Å²) in [7, 11) is 2.01. The fraction of sp³-hybridized carbons (Fsp3) is 0.682. The molecule has 146 valence electrons. The average molecular weight is 360 g/mol. The first-order chi connectivity index (χ1) is 12.4. The maximum atomic E-state index is 12.7. The van der Waals surface area contributed by atoms with Gasteiger partial charge < -0.3 is 10.6 Å². The summed E-state index contributed by atoms with van der Waals surface area (Å²) in [6.45, 7) is 12.4. The van der Waals surface area contributed by atoms with Crippen molar-refractivity contribution in [3.8, 4) is 0 Å². The molecule has 1 saturated heterocycles. The summed E-state index contributed by atoms with van der Waals surface area (Å²) in [5, 5.41) is 6.48. The number of likely N-dealkylation sites (tertiary alicyclic amines) is 1. The third-order valence-electron chi connectivity index (χ3n) is 5.51. The van der Waals surface area contributed by atoms with Gasteiger partial charge in [0.1, 0.15) is 0 Å². The third kappa shape index (κ3) is 5.82. The van der Waals surface area contributed by atoms with E-state index < -0.39 is 0 Å². The van der Waals surface area contributed by atoms with E-state index in [0.717, 1.165) is 31.2 Å². The zero-order chi connectivity index (χ0) is 19.1. The SMILES string of the molecule is CNCCC1CCN(CC(=O)Nc2c(C(C)C)cccc2C(C)C)CC1. The molecule has 1 amide bonds. The topological polar surface area (TPSA) is 44.4 Å². The fourth-order valence-electron chi connectivity index (χ4n) is 3.86. The highest BCUT2D eigenvalue weighted by atomic mass is 16.2. The largest absolute Gasteiger partial charge is 0.324 e. The fourth-order valence-corrected chi connectivity index (χ4v) is 3.86. The first kappa shape index (κ1) is 20.9. The Morgan fingerprint density at radius 2 is 1.69 bits per heavy atom. The summed E-state index contributed by atoms with van der Waals surface area (Å²) in [4.78, 5) is 15.0. The summed E-state index contributed by atoms with van der Waals surface area (Å²) in [6, 6.07) is 6.38. The van der Waals surface area contributed by atoms with Gasteiger partial charge in [-0.25, -0.2) is 0 Å². The van der Waals surface area contributed by atoms with Crippen molar-refractivity contribution in [3.05, 3.63) is 29.3 Å². The Balaban J connectivity index is 1.96. The van der Waals surface area contributed by atoms with Gasteiger partial charge in [0, 0.05) is 5.69 Å². The second-order valence-corrected chi connectivity index (χ2v) is 8.28. The van der Waals surface area contributed by atoms with E-state index in [1.54, 1.807) is 0 Å². The molecule has 0 aliphatic carbocycles. The molecular formula is C22H37N3O. The van der Waals surface area contributed by atoms with E-state index in [0.29, 0.717) is 18.4 Å². The van der Waals surface area contributed by atoms with Crippen LogP contribution in [-0.2, 0) is 4.79 Å². The van der Waals surface area contributed by atoms with E-state index >= 15 is 0 Å². The van der Waals surface area contributed by atoms with E-state index in [2.05, 4.69) is 61.4 Å². The van der Waals surface area contributed by atoms with Crippen LogP contribution in [0.2, 0.25) is 0 Å². The van der Waals surface area contributed by atoms with Crippen LogP contribution in [0.15, 0.2) is 18.2 Å². The number of anilines is 1. The molecule has 2 rings (SSSR count). The lowest BCUT2D eigenvalue weighted by atomic mass is 9.92. The molecule has 0 bridgehead atoms. The summed E-state index contributed by atoms with van der Waals surface area (Å²) in [5.74, 6) is 1.71. The predicted octanol–water partition coefficient (Wildman–Crippen LogP) is 4.19. The zero-order valence-corrected chi connectivity index (χ0v) is 17.3. The number of benzene rings is 1. The Kier molecular flexibility index (Phi) is 8.11. The van der Waals surface area contributed by atoms with Gasteiger partial charge >= 0.3 is 0 Å². The van der Waals surface area contributed by atoms with E-state index in [9.17, 15) is 4.79 Å². The molecule has 0 radical (unpaired) electrons.